The smallest absolute Gasteiger partial charge is 0.187 e. The summed E-state index contributed by atoms with van der Waals surface area (Å²) in [4.78, 5) is 0. The van der Waals surface area contributed by atoms with Gasteiger partial charge in [-0.15, -0.1) is 0 Å². The van der Waals surface area contributed by atoms with Gasteiger partial charge in [0, 0.05) is 0 Å². The van der Waals surface area contributed by atoms with Crippen LogP contribution in [0, 0.1) is 0 Å². The maximum absolute atomic E-state index is 11.0. The third-order valence-electron chi connectivity index (χ3n) is 8.20. The average Bonchev–Trinajstić information content (AvgIpc) is 3.03. The van der Waals surface area contributed by atoms with Crippen LogP contribution < -0.4 is 0 Å². The van der Waals surface area contributed by atoms with E-state index >= 15 is 0 Å². The van der Waals surface area contributed by atoms with Crippen molar-refractivity contribution in [3.8, 4) is 0 Å². The van der Waals surface area contributed by atoms with Crippen molar-refractivity contribution < 1.29 is 105 Å². The van der Waals surface area contributed by atoms with Crippen molar-refractivity contribution in [2.75, 3.05) is 26.4 Å². The fraction of sp³-hybridized carbons (Fsp3) is 1.00. The molecule has 0 aromatic carbocycles. The van der Waals surface area contributed by atoms with Gasteiger partial charge in [0.2, 0.25) is 0 Å². The molecular weight excluding hydrogens is 624 g/mol. The fourth-order valence-electron chi connectivity index (χ4n) is 5.54. The van der Waals surface area contributed by atoms with Gasteiger partial charge >= 0.3 is 0 Å². The van der Waals surface area contributed by atoms with E-state index in [4.69, 9.17) is 33.2 Å². The van der Waals surface area contributed by atoms with Crippen LogP contribution in [0.2, 0.25) is 0 Å². The number of hydrogen-bond acceptors (Lipinski definition) is 21. The van der Waals surface area contributed by atoms with Gasteiger partial charge in [-0.3, -0.25) is 0 Å². The molecule has 14 N–H and O–H groups in total. The quantitative estimate of drug-likeness (QED) is 0.103. The first-order chi connectivity index (χ1) is 21.3. The van der Waals surface area contributed by atoms with E-state index < -0.39 is 149 Å². The number of ether oxygens (including phenoxy) is 7. The molecule has 4 aliphatic heterocycles. The minimum atomic E-state index is -2.05. The highest BCUT2D eigenvalue weighted by molar-refractivity contribution is 4.97. The summed E-state index contributed by atoms with van der Waals surface area (Å²) in [5, 5.41) is 143. The molecule has 4 saturated heterocycles. The standard InChI is InChI=1S/C24H42O21/c25-1-5-9(29)11(31)15(35)22(40-5)43-19-8(4-28)42-23(16(36)13(19)33)45-20-10(30)6(2-26)41-24(17(20)37)44-18-7(3-27)39-21(38)14(34)12(18)32/h5-38H,1-4H2/t5-,6-,7-,8-,9-,10-,11+,12-,13-,14-,15-,16-,17-,18-,19-,20+,21?,22-,23-,24-/m1/s1. The molecule has 21 nitrogen and oxygen atoms in total. The van der Waals surface area contributed by atoms with Crippen molar-refractivity contribution in [2.24, 2.45) is 0 Å². The first-order valence-electron chi connectivity index (χ1n) is 14.1. The van der Waals surface area contributed by atoms with Gasteiger partial charge in [-0.05, 0) is 0 Å². The Bertz CT molecular complexity index is 912. The lowest BCUT2D eigenvalue weighted by molar-refractivity contribution is -0.388. The van der Waals surface area contributed by atoms with E-state index in [-0.39, 0.29) is 0 Å². The van der Waals surface area contributed by atoms with E-state index in [0.717, 1.165) is 0 Å². The Hall–Kier alpha value is -0.840. The van der Waals surface area contributed by atoms with Crippen molar-refractivity contribution in [3.05, 3.63) is 0 Å². The largest absolute Gasteiger partial charge is 0.394 e. The minimum Gasteiger partial charge on any atom is -0.394 e. The van der Waals surface area contributed by atoms with Crippen LogP contribution in [0.25, 0.3) is 0 Å². The first-order valence-corrected chi connectivity index (χ1v) is 14.1. The van der Waals surface area contributed by atoms with E-state index in [0.29, 0.717) is 0 Å². The molecule has 0 radical (unpaired) electrons. The van der Waals surface area contributed by atoms with Crippen molar-refractivity contribution in [1.29, 1.82) is 0 Å². The van der Waals surface area contributed by atoms with Crippen molar-refractivity contribution in [2.45, 2.75) is 123 Å². The van der Waals surface area contributed by atoms with E-state index in [2.05, 4.69) is 0 Å². The first kappa shape index (κ1) is 37.0. The van der Waals surface area contributed by atoms with Gasteiger partial charge in [0.1, 0.15) is 97.7 Å². The monoisotopic (exact) mass is 666 g/mol. The van der Waals surface area contributed by atoms with Crippen LogP contribution in [-0.2, 0) is 33.2 Å². The Morgan fingerprint density at radius 1 is 0.333 bits per heavy atom. The van der Waals surface area contributed by atoms with Crippen LogP contribution in [0.4, 0.5) is 0 Å². The van der Waals surface area contributed by atoms with Gasteiger partial charge in [-0.25, -0.2) is 0 Å². The average molecular weight is 667 g/mol. The molecule has 0 aromatic heterocycles. The highest BCUT2D eigenvalue weighted by Crippen LogP contribution is 2.34. The zero-order chi connectivity index (χ0) is 33.3. The molecular formula is C24H42O21. The Kier molecular flexibility index (Phi) is 12.8. The lowest BCUT2D eigenvalue weighted by Gasteiger charge is -2.49. The van der Waals surface area contributed by atoms with Crippen LogP contribution in [-0.4, -0.2) is 221 Å². The van der Waals surface area contributed by atoms with Gasteiger partial charge in [0.15, 0.2) is 25.2 Å². The Morgan fingerprint density at radius 2 is 0.711 bits per heavy atom. The molecule has 0 saturated carbocycles. The Morgan fingerprint density at radius 3 is 1.22 bits per heavy atom. The summed E-state index contributed by atoms with van der Waals surface area (Å²) in [7, 11) is 0. The second-order valence-electron chi connectivity index (χ2n) is 11.1. The molecule has 1 unspecified atom stereocenters. The summed E-state index contributed by atoms with van der Waals surface area (Å²) in [5.74, 6) is 0. The number of aliphatic hydroxyl groups is 14. The third kappa shape index (κ3) is 7.44. The van der Waals surface area contributed by atoms with Gasteiger partial charge in [0.05, 0.1) is 26.4 Å². The van der Waals surface area contributed by atoms with E-state index in [1.165, 1.54) is 0 Å². The maximum atomic E-state index is 11.0. The van der Waals surface area contributed by atoms with Gasteiger partial charge in [-0.1, -0.05) is 0 Å². The van der Waals surface area contributed by atoms with Crippen molar-refractivity contribution >= 4 is 0 Å². The molecule has 4 aliphatic rings. The van der Waals surface area contributed by atoms with Gasteiger partial charge in [-0.2, -0.15) is 0 Å². The molecule has 4 heterocycles. The molecule has 0 bridgehead atoms. The van der Waals surface area contributed by atoms with Crippen LogP contribution in [0.15, 0.2) is 0 Å². The van der Waals surface area contributed by atoms with E-state index in [9.17, 15) is 71.5 Å². The zero-order valence-corrected chi connectivity index (χ0v) is 23.5. The molecule has 264 valence electrons. The lowest BCUT2D eigenvalue weighted by Crippen LogP contribution is -2.67. The summed E-state index contributed by atoms with van der Waals surface area (Å²) >= 11 is 0. The highest BCUT2D eigenvalue weighted by Gasteiger charge is 2.55. The summed E-state index contributed by atoms with van der Waals surface area (Å²) in [6.45, 7) is -3.41. The maximum Gasteiger partial charge on any atom is 0.187 e. The molecule has 20 atom stereocenters. The van der Waals surface area contributed by atoms with Gasteiger partial charge in [0.25, 0.3) is 0 Å². The molecule has 0 aromatic rings. The highest BCUT2D eigenvalue weighted by atomic mass is 16.8. The van der Waals surface area contributed by atoms with Crippen molar-refractivity contribution in [3.63, 3.8) is 0 Å². The predicted molar refractivity (Wildman–Crippen MR) is 134 cm³/mol. The fourth-order valence-corrected chi connectivity index (χ4v) is 5.54. The minimum absolute atomic E-state index is 0.790. The lowest BCUT2D eigenvalue weighted by atomic mass is 9.95. The van der Waals surface area contributed by atoms with Crippen LogP contribution in [0.1, 0.15) is 0 Å². The number of aliphatic hydroxyl groups excluding tert-OH is 14. The topological polar surface area (TPSA) is 348 Å². The number of rotatable bonds is 10. The Balaban J connectivity index is 1.48. The molecule has 0 aliphatic carbocycles. The molecule has 4 fully saturated rings. The summed E-state index contributed by atoms with van der Waals surface area (Å²) < 4.78 is 37.7. The molecule has 0 spiro atoms. The molecule has 21 heteroatoms. The van der Waals surface area contributed by atoms with Crippen LogP contribution in [0.3, 0.4) is 0 Å². The predicted octanol–water partition coefficient (Wildman–Crippen LogP) is -9.75. The molecule has 4 rings (SSSR count). The molecule has 45 heavy (non-hydrogen) atoms. The van der Waals surface area contributed by atoms with Crippen LogP contribution in [0.5, 0.6) is 0 Å². The molecule has 0 amide bonds. The third-order valence-corrected chi connectivity index (χ3v) is 8.20. The second kappa shape index (κ2) is 15.6. The SMILES string of the molecule is OC[C@H]1O[C@H](O[C@H]2[C@H](O)[C@@H](O)[C@@H](O[C@@H]3[C@@H](O)[C@@H](O[C@H]4[C@H](O)[C@@H](O)C(O)O[C@@H]4CO)O[C@H](CO)[C@H]3O)O[C@@H]2CO)[C@H](O)[C@@H](O)[C@@H]1O. The number of hydrogen-bond donors (Lipinski definition) is 14. The van der Waals surface area contributed by atoms with E-state index in [1.54, 1.807) is 0 Å². The van der Waals surface area contributed by atoms with Gasteiger partial charge < -0.3 is 105 Å². The zero-order valence-electron chi connectivity index (χ0n) is 23.5. The summed E-state index contributed by atoms with van der Waals surface area (Å²) in [6, 6.07) is 0. The van der Waals surface area contributed by atoms with E-state index in [1.807, 2.05) is 0 Å². The Labute approximate surface area is 254 Å². The summed E-state index contributed by atoms with van der Waals surface area (Å²) in [6.07, 6.45) is -35.6. The normalized spacial score (nSPS) is 52.9. The summed E-state index contributed by atoms with van der Waals surface area (Å²) in [5.41, 5.74) is 0. The van der Waals surface area contributed by atoms with Crippen LogP contribution >= 0.6 is 0 Å². The second-order valence-corrected chi connectivity index (χ2v) is 11.1. The van der Waals surface area contributed by atoms with Crippen molar-refractivity contribution in [1.82, 2.24) is 0 Å².